The lowest BCUT2D eigenvalue weighted by Gasteiger charge is -2.34. The van der Waals surface area contributed by atoms with E-state index in [1.165, 1.54) is 7.11 Å². The molecular weight excluding hydrogens is 472 g/mol. The second-order valence-corrected chi connectivity index (χ2v) is 10.0. The fraction of sp³-hybridized carbons (Fsp3) is 0.464. The van der Waals surface area contributed by atoms with Crippen molar-refractivity contribution in [2.24, 2.45) is 5.92 Å². The first-order valence-corrected chi connectivity index (χ1v) is 12.9. The van der Waals surface area contributed by atoms with Crippen LogP contribution in [0.2, 0.25) is 0 Å². The van der Waals surface area contributed by atoms with E-state index in [2.05, 4.69) is 4.57 Å². The van der Waals surface area contributed by atoms with Gasteiger partial charge in [0.15, 0.2) is 0 Å². The summed E-state index contributed by atoms with van der Waals surface area (Å²) in [6.07, 6.45) is 4.05. The van der Waals surface area contributed by atoms with E-state index in [0.717, 1.165) is 65.4 Å². The maximum absolute atomic E-state index is 12.7. The van der Waals surface area contributed by atoms with Gasteiger partial charge in [0.05, 0.1) is 42.5 Å². The highest BCUT2D eigenvalue weighted by molar-refractivity contribution is 5.96. The number of aryl methyl sites for hydroxylation is 1. The van der Waals surface area contributed by atoms with Gasteiger partial charge in [-0.2, -0.15) is 0 Å². The summed E-state index contributed by atoms with van der Waals surface area (Å²) in [4.78, 5) is 33.2. The Morgan fingerprint density at radius 3 is 2.46 bits per heavy atom. The minimum Gasteiger partial charge on any atom is -0.495 e. The molecule has 3 aromatic rings. The molecule has 1 atom stereocenters. The Morgan fingerprint density at radius 1 is 1.05 bits per heavy atom. The molecule has 1 amide bonds. The Kier molecular flexibility index (Phi) is 6.70. The molecule has 1 aromatic heterocycles. The van der Waals surface area contributed by atoms with Crippen molar-refractivity contribution in [3.63, 3.8) is 0 Å². The van der Waals surface area contributed by atoms with Gasteiger partial charge in [0.25, 0.3) is 0 Å². The first-order valence-electron chi connectivity index (χ1n) is 12.9. The van der Waals surface area contributed by atoms with E-state index in [0.29, 0.717) is 12.8 Å². The number of carboxylic acid groups (broad SMARTS) is 1. The number of methoxy groups -OCH3 is 2. The van der Waals surface area contributed by atoms with Crippen molar-refractivity contribution in [1.82, 2.24) is 9.55 Å². The summed E-state index contributed by atoms with van der Waals surface area (Å²) in [6, 6.07) is 12.0. The van der Waals surface area contributed by atoms with Crippen molar-refractivity contribution in [3.05, 3.63) is 42.0 Å². The topological polar surface area (TPSA) is 97.1 Å². The van der Waals surface area contributed by atoms with Crippen LogP contribution < -0.4 is 14.5 Å². The van der Waals surface area contributed by atoms with Crippen LogP contribution in [0.25, 0.3) is 11.0 Å². The van der Waals surface area contributed by atoms with Gasteiger partial charge in [-0.1, -0.05) is 12.1 Å². The molecule has 9 nitrogen and oxygen atoms in total. The van der Waals surface area contributed by atoms with Crippen molar-refractivity contribution >= 4 is 40.4 Å². The van der Waals surface area contributed by atoms with Crippen molar-refractivity contribution in [2.75, 3.05) is 31.1 Å². The normalized spacial score (nSPS) is 21.4. The number of carbonyl (C=O) groups is 2. The lowest BCUT2D eigenvalue weighted by Crippen LogP contribution is -2.42. The van der Waals surface area contributed by atoms with Gasteiger partial charge in [0.2, 0.25) is 5.95 Å². The summed E-state index contributed by atoms with van der Waals surface area (Å²) >= 11 is 0. The van der Waals surface area contributed by atoms with Crippen molar-refractivity contribution in [1.29, 1.82) is 0 Å². The monoisotopic (exact) mass is 506 g/mol. The molecule has 9 heteroatoms. The van der Waals surface area contributed by atoms with Gasteiger partial charge in [0, 0.05) is 24.7 Å². The standard InChI is InChI=1S/C28H34N4O5/c1-17-9-14-20-21(31(17)28(35)37-4)15-16-23-25(20)29-27(30(2)22-7-5-6-8-24(22)36-3)32(23)19-12-10-18(11-13-19)26(33)34/h5-8,15-19H,9-14H2,1-4H3,(H,33,34)/t17-,18-,19-/m0/s1. The summed E-state index contributed by atoms with van der Waals surface area (Å²) in [7, 11) is 5.04. The van der Waals surface area contributed by atoms with Crippen LogP contribution in [-0.2, 0) is 16.0 Å². The predicted molar refractivity (Wildman–Crippen MR) is 142 cm³/mol. The molecule has 1 saturated carbocycles. The van der Waals surface area contributed by atoms with Gasteiger partial charge < -0.3 is 24.0 Å². The number of aromatic nitrogens is 2. The molecule has 5 rings (SSSR count). The molecule has 0 saturated heterocycles. The van der Waals surface area contributed by atoms with Gasteiger partial charge in [-0.3, -0.25) is 9.69 Å². The number of nitrogens with zero attached hydrogens (tertiary/aromatic N) is 4. The third kappa shape index (κ3) is 4.26. The summed E-state index contributed by atoms with van der Waals surface area (Å²) in [5, 5.41) is 9.54. The summed E-state index contributed by atoms with van der Waals surface area (Å²) in [5.41, 5.74) is 4.63. The highest BCUT2D eigenvalue weighted by Gasteiger charge is 2.34. The zero-order chi connectivity index (χ0) is 26.3. The fourth-order valence-corrected chi connectivity index (χ4v) is 5.95. The van der Waals surface area contributed by atoms with Crippen LogP contribution in [0.4, 0.5) is 22.1 Å². The molecule has 2 aromatic carbocycles. The van der Waals surface area contributed by atoms with Gasteiger partial charge in [-0.05, 0) is 69.7 Å². The summed E-state index contributed by atoms with van der Waals surface area (Å²) in [6.45, 7) is 2.03. The molecule has 1 fully saturated rings. The van der Waals surface area contributed by atoms with Crippen LogP contribution in [0.15, 0.2) is 36.4 Å². The second-order valence-electron chi connectivity index (χ2n) is 10.0. The number of aliphatic carboxylic acids is 1. The number of rotatable bonds is 5. The van der Waals surface area contributed by atoms with E-state index in [-0.39, 0.29) is 24.1 Å². The lowest BCUT2D eigenvalue weighted by atomic mass is 9.86. The molecule has 1 aliphatic carbocycles. The van der Waals surface area contributed by atoms with E-state index >= 15 is 0 Å². The zero-order valence-electron chi connectivity index (χ0n) is 21.8. The Balaban J connectivity index is 1.67. The Labute approximate surface area is 216 Å². The van der Waals surface area contributed by atoms with E-state index in [1.807, 2.05) is 55.3 Å². The van der Waals surface area contributed by atoms with Crippen molar-refractivity contribution in [2.45, 2.75) is 57.5 Å². The van der Waals surface area contributed by atoms with E-state index < -0.39 is 5.97 Å². The molecule has 2 aliphatic rings. The Morgan fingerprint density at radius 2 is 1.78 bits per heavy atom. The number of amides is 1. The Hall–Kier alpha value is -3.75. The number of anilines is 3. The van der Waals surface area contributed by atoms with E-state index in [4.69, 9.17) is 14.5 Å². The molecule has 37 heavy (non-hydrogen) atoms. The predicted octanol–water partition coefficient (Wildman–Crippen LogP) is 5.54. The minimum atomic E-state index is -0.716. The first kappa shape index (κ1) is 24.9. The van der Waals surface area contributed by atoms with Crippen LogP contribution in [0.3, 0.4) is 0 Å². The molecule has 0 radical (unpaired) electrons. The number of carbonyl (C=O) groups excluding carboxylic acids is 1. The van der Waals surface area contributed by atoms with Crippen LogP contribution in [-0.4, -0.2) is 54.0 Å². The number of ether oxygens (including phenoxy) is 2. The number of para-hydroxylation sites is 2. The average molecular weight is 507 g/mol. The summed E-state index contributed by atoms with van der Waals surface area (Å²) in [5.74, 6) is 0.497. The molecule has 0 unspecified atom stereocenters. The third-order valence-electron chi connectivity index (χ3n) is 7.96. The second kappa shape index (κ2) is 9.95. The van der Waals surface area contributed by atoms with E-state index in [1.54, 1.807) is 12.0 Å². The largest absolute Gasteiger partial charge is 0.495 e. The number of hydrogen-bond donors (Lipinski definition) is 1. The fourth-order valence-electron chi connectivity index (χ4n) is 5.95. The minimum absolute atomic E-state index is 0.0292. The smallest absolute Gasteiger partial charge is 0.414 e. The average Bonchev–Trinajstić information content (AvgIpc) is 3.32. The highest BCUT2D eigenvalue weighted by Crippen LogP contribution is 2.43. The van der Waals surface area contributed by atoms with Crippen LogP contribution in [0, 0.1) is 5.92 Å². The SMILES string of the molecule is COC(=O)N1c2ccc3c(nc(N(C)c4ccccc4OC)n3[C@H]3CC[C@H](C(=O)O)CC3)c2CC[C@@H]1C. The number of fused-ring (bicyclic) bond motifs is 3. The molecule has 1 aliphatic heterocycles. The maximum Gasteiger partial charge on any atom is 0.414 e. The zero-order valence-corrected chi connectivity index (χ0v) is 21.8. The molecule has 1 N–H and O–H groups in total. The molecule has 2 heterocycles. The van der Waals surface area contributed by atoms with Crippen molar-refractivity contribution in [3.8, 4) is 5.75 Å². The molecule has 196 valence electrons. The molecule has 0 spiro atoms. The summed E-state index contributed by atoms with van der Waals surface area (Å²) < 4.78 is 13.0. The van der Waals surface area contributed by atoms with Gasteiger partial charge in [-0.15, -0.1) is 0 Å². The number of hydrogen-bond acceptors (Lipinski definition) is 6. The van der Waals surface area contributed by atoms with Crippen LogP contribution >= 0.6 is 0 Å². The lowest BCUT2D eigenvalue weighted by molar-refractivity contribution is -0.143. The highest BCUT2D eigenvalue weighted by atomic mass is 16.5. The first-order chi connectivity index (χ1) is 17.8. The van der Waals surface area contributed by atoms with Crippen LogP contribution in [0.1, 0.15) is 50.6 Å². The maximum atomic E-state index is 12.7. The molecule has 0 bridgehead atoms. The Bertz CT molecular complexity index is 1330. The number of benzene rings is 2. The third-order valence-corrected chi connectivity index (χ3v) is 7.96. The number of carboxylic acids is 1. The van der Waals surface area contributed by atoms with E-state index in [9.17, 15) is 14.7 Å². The number of imidazole rings is 1. The van der Waals surface area contributed by atoms with Gasteiger partial charge >= 0.3 is 12.1 Å². The van der Waals surface area contributed by atoms with Crippen molar-refractivity contribution < 1.29 is 24.2 Å². The quantitative estimate of drug-likeness (QED) is 0.485. The van der Waals surface area contributed by atoms with Gasteiger partial charge in [-0.25, -0.2) is 9.78 Å². The van der Waals surface area contributed by atoms with Crippen LogP contribution in [0.5, 0.6) is 5.75 Å². The van der Waals surface area contributed by atoms with Gasteiger partial charge in [0.1, 0.15) is 5.75 Å². The molecular formula is C28H34N4O5.